The van der Waals surface area contributed by atoms with Gasteiger partial charge in [0.1, 0.15) is 21.5 Å². The van der Waals surface area contributed by atoms with Crippen LogP contribution in [0.25, 0.3) is 0 Å². The lowest BCUT2D eigenvalue weighted by Gasteiger charge is -2.41. The molecular weight excluding hydrogens is 274 g/mol. The molecule has 0 aromatic carbocycles. The molecule has 0 radical (unpaired) electrons. The number of nitriles is 1. The standard InChI is InChI=1S/C14H19N3O2S/c1-3-14(5-4-6-14)8-17-12-10(13(18)19-2)11(16)9(7-15)20-12/h17H,3-6,8,16H2,1-2H3. The van der Waals surface area contributed by atoms with Gasteiger partial charge in [-0.1, -0.05) is 13.3 Å². The molecule has 3 N–H and O–H groups in total. The molecule has 0 spiro atoms. The molecule has 0 aliphatic heterocycles. The van der Waals surface area contributed by atoms with E-state index in [0.717, 1.165) is 13.0 Å². The van der Waals surface area contributed by atoms with Gasteiger partial charge in [0.05, 0.1) is 12.8 Å². The SMILES string of the molecule is CCC1(CNc2sc(C#N)c(N)c2C(=O)OC)CCC1. The second kappa shape index (κ2) is 5.71. The van der Waals surface area contributed by atoms with Gasteiger partial charge in [0.2, 0.25) is 0 Å². The molecule has 6 heteroatoms. The molecule has 1 aromatic heterocycles. The summed E-state index contributed by atoms with van der Waals surface area (Å²) in [5.41, 5.74) is 6.68. The zero-order valence-corrected chi connectivity index (χ0v) is 12.6. The van der Waals surface area contributed by atoms with Gasteiger partial charge >= 0.3 is 5.97 Å². The van der Waals surface area contributed by atoms with E-state index in [1.807, 2.05) is 6.07 Å². The van der Waals surface area contributed by atoms with Crippen molar-refractivity contribution in [2.24, 2.45) is 5.41 Å². The van der Waals surface area contributed by atoms with Crippen LogP contribution in [0.15, 0.2) is 0 Å². The Morgan fingerprint density at radius 2 is 2.30 bits per heavy atom. The number of esters is 1. The van der Waals surface area contributed by atoms with Gasteiger partial charge in [-0.15, -0.1) is 11.3 Å². The Kier molecular flexibility index (Phi) is 4.19. The topological polar surface area (TPSA) is 88.1 Å². The van der Waals surface area contributed by atoms with Gasteiger partial charge in [-0.05, 0) is 24.7 Å². The fraction of sp³-hybridized carbons (Fsp3) is 0.571. The van der Waals surface area contributed by atoms with Crippen LogP contribution in [0.4, 0.5) is 10.7 Å². The second-order valence-corrected chi connectivity index (χ2v) is 6.23. The maximum atomic E-state index is 11.8. The lowest BCUT2D eigenvalue weighted by atomic mass is 9.67. The summed E-state index contributed by atoms with van der Waals surface area (Å²) in [6.07, 6.45) is 4.78. The maximum absolute atomic E-state index is 11.8. The number of methoxy groups -OCH3 is 1. The Morgan fingerprint density at radius 3 is 2.75 bits per heavy atom. The molecule has 1 aliphatic rings. The zero-order valence-electron chi connectivity index (χ0n) is 11.8. The summed E-state index contributed by atoms with van der Waals surface area (Å²) in [6.45, 7) is 2.99. The van der Waals surface area contributed by atoms with Crippen molar-refractivity contribution in [2.45, 2.75) is 32.6 Å². The highest BCUT2D eigenvalue weighted by atomic mass is 32.1. The van der Waals surface area contributed by atoms with Crippen molar-refractivity contribution in [3.8, 4) is 6.07 Å². The number of nitrogens with one attached hydrogen (secondary N) is 1. The minimum Gasteiger partial charge on any atom is -0.465 e. The number of ether oxygens (including phenoxy) is 1. The Balaban J connectivity index is 2.22. The first kappa shape index (κ1) is 14.7. The highest BCUT2D eigenvalue weighted by molar-refractivity contribution is 7.17. The summed E-state index contributed by atoms with van der Waals surface area (Å²) < 4.78 is 4.75. The fourth-order valence-electron chi connectivity index (χ4n) is 2.56. The molecule has 5 nitrogen and oxygen atoms in total. The number of rotatable bonds is 5. The van der Waals surface area contributed by atoms with Gasteiger partial charge < -0.3 is 15.8 Å². The van der Waals surface area contributed by atoms with Crippen LogP contribution >= 0.6 is 11.3 Å². The van der Waals surface area contributed by atoms with Crippen molar-refractivity contribution >= 4 is 28.0 Å². The summed E-state index contributed by atoms with van der Waals surface area (Å²) >= 11 is 1.22. The van der Waals surface area contributed by atoms with Crippen LogP contribution in [0, 0.1) is 16.7 Å². The minimum atomic E-state index is -0.498. The number of carbonyl (C=O) groups excluding carboxylic acids is 1. The predicted molar refractivity (Wildman–Crippen MR) is 79.9 cm³/mol. The number of nitrogen functional groups attached to an aromatic ring is 1. The number of hydrogen-bond donors (Lipinski definition) is 2. The first-order valence-electron chi connectivity index (χ1n) is 6.71. The number of carbonyl (C=O) groups is 1. The molecular formula is C14H19N3O2S. The summed E-state index contributed by atoms with van der Waals surface area (Å²) in [6, 6.07) is 2.02. The van der Waals surface area contributed by atoms with E-state index in [-0.39, 0.29) is 5.69 Å². The van der Waals surface area contributed by atoms with E-state index in [9.17, 15) is 4.79 Å². The summed E-state index contributed by atoms with van der Waals surface area (Å²) in [5.74, 6) is -0.498. The van der Waals surface area contributed by atoms with Crippen LogP contribution in [0.2, 0.25) is 0 Å². The quantitative estimate of drug-likeness (QED) is 0.815. The molecule has 1 fully saturated rings. The van der Waals surface area contributed by atoms with E-state index < -0.39 is 5.97 Å². The smallest absolute Gasteiger partial charge is 0.343 e. The molecule has 0 unspecified atom stereocenters. The van der Waals surface area contributed by atoms with Crippen LogP contribution in [0.1, 0.15) is 47.8 Å². The van der Waals surface area contributed by atoms with Crippen LogP contribution in [-0.2, 0) is 4.74 Å². The predicted octanol–water partition coefficient (Wildman–Crippen LogP) is 2.98. The van der Waals surface area contributed by atoms with Gasteiger partial charge in [-0.3, -0.25) is 0 Å². The molecule has 0 amide bonds. The number of nitrogens with zero attached hydrogens (tertiary/aromatic N) is 1. The number of nitrogens with two attached hydrogens (primary N) is 1. The lowest BCUT2D eigenvalue weighted by molar-refractivity contribution is 0.0603. The van der Waals surface area contributed by atoms with E-state index >= 15 is 0 Å². The Morgan fingerprint density at radius 1 is 1.60 bits per heavy atom. The lowest BCUT2D eigenvalue weighted by Crippen LogP contribution is -2.35. The Labute approximate surface area is 122 Å². The summed E-state index contributed by atoms with van der Waals surface area (Å²) in [5, 5.41) is 13.0. The third-order valence-electron chi connectivity index (χ3n) is 4.22. The van der Waals surface area contributed by atoms with E-state index in [0.29, 0.717) is 20.9 Å². The average molecular weight is 293 g/mol. The molecule has 0 saturated heterocycles. The molecule has 108 valence electrons. The van der Waals surface area contributed by atoms with Crippen LogP contribution in [0.3, 0.4) is 0 Å². The summed E-state index contributed by atoms with van der Waals surface area (Å²) in [4.78, 5) is 12.2. The van der Waals surface area contributed by atoms with Gasteiger partial charge in [0.25, 0.3) is 0 Å². The normalized spacial score (nSPS) is 16.1. The van der Waals surface area contributed by atoms with E-state index in [2.05, 4.69) is 12.2 Å². The molecule has 0 atom stereocenters. The maximum Gasteiger partial charge on any atom is 0.343 e. The Hall–Kier alpha value is -1.74. The average Bonchev–Trinajstić information content (AvgIpc) is 2.73. The van der Waals surface area contributed by atoms with E-state index in [4.69, 9.17) is 15.7 Å². The van der Waals surface area contributed by atoms with Crippen LogP contribution in [0.5, 0.6) is 0 Å². The van der Waals surface area contributed by atoms with Crippen LogP contribution < -0.4 is 11.1 Å². The van der Waals surface area contributed by atoms with Crippen molar-refractivity contribution in [3.05, 3.63) is 10.4 Å². The van der Waals surface area contributed by atoms with Gasteiger partial charge in [-0.25, -0.2) is 4.79 Å². The van der Waals surface area contributed by atoms with Crippen LogP contribution in [-0.4, -0.2) is 19.6 Å². The molecule has 2 rings (SSSR count). The van der Waals surface area contributed by atoms with Gasteiger partial charge in [0.15, 0.2) is 0 Å². The monoisotopic (exact) mass is 293 g/mol. The summed E-state index contributed by atoms with van der Waals surface area (Å²) in [7, 11) is 1.31. The van der Waals surface area contributed by atoms with Gasteiger partial charge in [0, 0.05) is 6.54 Å². The number of hydrogen-bond acceptors (Lipinski definition) is 6. The van der Waals surface area contributed by atoms with Crippen molar-refractivity contribution in [3.63, 3.8) is 0 Å². The molecule has 1 heterocycles. The highest BCUT2D eigenvalue weighted by Crippen LogP contribution is 2.45. The Bertz CT molecular complexity index is 550. The fourth-order valence-corrected chi connectivity index (χ4v) is 3.46. The molecule has 1 aromatic rings. The second-order valence-electron chi connectivity index (χ2n) is 5.21. The highest BCUT2D eigenvalue weighted by Gasteiger charge is 2.35. The van der Waals surface area contributed by atoms with Crippen molar-refractivity contribution in [1.29, 1.82) is 5.26 Å². The van der Waals surface area contributed by atoms with Gasteiger partial charge in [-0.2, -0.15) is 5.26 Å². The largest absolute Gasteiger partial charge is 0.465 e. The van der Waals surface area contributed by atoms with E-state index in [1.165, 1.54) is 37.7 Å². The molecule has 0 bridgehead atoms. The number of anilines is 2. The third-order valence-corrected chi connectivity index (χ3v) is 5.29. The molecule has 1 saturated carbocycles. The number of thiophene rings is 1. The molecule has 20 heavy (non-hydrogen) atoms. The third kappa shape index (κ3) is 2.46. The first-order chi connectivity index (χ1) is 9.56. The van der Waals surface area contributed by atoms with Crippen molar-refractivity contribution in [1.82, 2.24) is 0 Å². The minimum absolute atomic E-state index is 0.214. The first-order valence-corrected chi connectivity index (χ1v) is 7.53. The van der Waals surface area contributed by atoms with Crippen molar-refractivity contribution < 1.29 is 9.53 Å². The molecule has 1 aliphatic carbocycles. The zero-order chi connectivity index (χ0) is 14.8. The van der Waals surface area contributed by atoms with Crippen molar-refractivity contribution in [2.75, 3.05) is 24.7 Å². The van der Waals surface area contributed by atoms with E-state index in [1.54, 1.807) is 0 Å².